The molecule has 1 unspecified atom stereocenters. The van der Waals surface area contributed by atoms with Gasteiger partial charge in [-0.25, -0.2) is 4.79 Å². The molecule has 0 aliphatic rings. The second-order valence-electron chi connectivity index (χ2n) is 3.53. The molecule has 6 heteroatoms. The van der Waals surface area contributed by atoms with Crippen molar-refractivity contribution in [3.8, 4) is 0 Å². The molecular weight excluding hydrogens is 226 g/mol. The van der Waals surface area contributed by atoms with Gasteiger partial charge in [0.1, 0.15) is 11.6 Å². The summed E-state index contributed by atoms with van der Waals surface area (Å²) in [4.78, 5) is 21.4. The number of carboxylic acids is 2. The lowest BCUT2D eigenvalue weighted by Crippen LogP contribution is -2.20. The third kappa shape index (κ3) is 1.98. The monoisotopic (exact) mass is 235 g/mol. The predicted molar refractivity (Wildman–Crippen MR) is 57.7 cm³/mol. The Bertz CT molecular complexity index is 601. The molecule has 2 rings (SSSR count). The first kappa shape index (κ1) is 11.2. The number of fused-ring (bicyclic) bond motifs is 1. The molecule has 1 aromatic carbocycles. The molecule has 17 heavy (non-hydrogen) atoms. The molecule has 1 heterocycles. The highest BCUT2D eigenvalue weighted by Gasteiger charge is 2.16. The molecule has 88 valence electrons. The van der Waals surface area contributed by atoms with Gasteiger partial charge in [0.2, 0.25) is 5.76 Å². The van der Waals surface area contributed by atoms with Crippen LogP contribution in [0, 0.1) is 0 Å². The third-order valence-corrected chi connectivity index (χ3v) is 2.38. The van der Waals surface area contributed by atoms with Gasteiger partial charge in [0.15, 0.2) is 0 Å². The summed E-state index contributed by atoms with van der Waals surface area (Å²) in [5.74, 6) is -2.52. The van der Waals surface area contributed by atoms with Gasteiger partial charge in [-0.2, -0.15) is 0 Å². The Hall–Kier alpha value is -2.34. The van der Waals surface area contributed by atoms with Gasteiger partial charge < -0.3 is 20.4 Å². The van der Waals surface area contributed by atoms with Gasteiger partial charge in [0.05, 0.1) is 0 Å². The zero-order valence-corrected chi connectivity index (χ0v) is 8.58. The lowest BCUT2D eigenvalue weighted by Gasteiger charge is -2.05. The van der Waals surface area contributed by atoms with Crippen molar-refractivity contribution in [1.82, 2.24) is 0 Å². The van der Waals surface area contributed by atoms with Gasteiger partial charge in [-0.05, 0) is 23.8 Å². The average molecular weight is 235 g/mol. The van der Waals surface area contributed by atoms with E-state index >= 15 is 0 Å². The highest BCUT2D eigenvalue weighted by molar-refractivity contribution is 5.92. The number of carboxylic acid groups (broad SMARTS) is 2. The number of hydrogen-bond donors (Lipinski definition) is 3. The van der Waals surface area contributed by atoms with Gasteiger partial charge in [-0.1, -0.05) is 6.07 Å². The SMILES string of the molecule is NC(C(=O)O)c1ccc2oc(C(=O)O)cc2c1. The minimum atomic E-state index is -1.18. The van der Waals surface area contributed by atoms with Crippen molar-refractivity contribution in [2.75, 3.05) is 0 Å². The predicted octanol–water partition coefficient (Wildman–Crippen LogP) is 1.22. The number of carbonyl (C=O) groups is 2. The number of nitrogens with two attached hydrogens (primary N) is 1. The van der Waals surface area contributed by atoms with E-state index in [9.17, 15) is 9.59 Å². The number of aromatic carboxylic acids is 1. The molecule has 0 aliphatic heterocycles. The molecule has 0 amide bonds. The molecule has 0 fully saturated rings. The Morgan fingerprint density at radius 2 is 1.94 bits per heavy atom. The summed E-state index contributed by atoms with van der Waals surface area (Å²) >= 11 is 0. The van der Waals surface area contributed by atoms with E-state index in [1.54, 1.807) is 0 Å². The smallest absolute Gasteiger partial charge is 0.371 e. The second-order valence-corrected chi connectivity index (χ2v) is 3.53. The average Bonchev–Trinajstić information content (AvgIpc) is 2.70. The molecule has 0 saturated heterocycles. The summed E-state index contributed by atoms with van der Waals surface area (Å²) in [6.45, 7) is 0. The molecule has 0 radical (unpaired) electrons. The Morgan fingerprint density at radius 1 is 1.24 bits per heavy atom. The Balaban J connectivity index is 2.50. The highest BCUT2D eigenvalue weighted by Crippen LogP contribution is 2.23. The van der Waals surface area contributed by atoms with E-state index in [0.717, 1.165) is 0 Å². The molecule has 2 aromatic rings. The van der Waals surface area contributed by atoms with Crippen molar-refractivity contribution in [3.63, 3.8) is 0 Å². The molecule has 0 spiro atoms. The van der Waals surface area contributed by atoms with Crippen LogP contribution < -0.4 is 5.73 Å². The van der Waals surface area contributed by atoms with Crippen LogP contribution in [0.1, 0.15) is 22.2 Å². The van der Waals surface area contributed by atoms with Crippen LogP contribution >= 0.6 is 0 Å². The van der Waals surface area contributed by atoms with Crippen LogP contribution in [0.2, 0.25) is 0 Å². The van der Waals surface area contributed by atoms with Crippen molar-refractivity contribution in [3.05, 3.63) is 35.6 Å². The highest BCUT2D eigenvalue weighted by atomic mass is 16.4. The Labute approximate surface area is 95.3 Å². The molecule has 6 nitrogen and oxygen atoms in total. The fourth-order valence-corrected chi connectivity index (χ4v) is 1.50. The van der Waals surface area contributed by atoms with Gasteiger partial charge in [0, 0.05) is 5.39 Å². The zero-order valence-electron chi connectivity index (χ0n) is 8.58. The summed E-state index contributed by atoms with van der Waals surface area (Å²) in [7, 11) is 0. The quantitative estimate of drug-likeness (QED) is 0.736. The minimum absolute atomic E-state index is 0.193. The molecule has 1 atom stereocenters. The third-order valence-electron chi connectivity index (χ3n) is 2.38. The van der Waals surface area contributed by atoms with Crippen molar-refractivity contribution in [1.29, 1.82) is 0 Å². The van der Waals surface area contributed by atoms with E-state index in [2.05, 4.69) is 0 Å². The van der Waals surface area contributed by atoms with E-state index in [1.165, 1.54) is 24.3 Å². The normalized spacial score (nSPS) is 12.5. The number of aliphatic carboxylic acids is 1. The van der Waals surface area contributed by atoms with Crippen molar-refractivity contribution in [2.45, 2.75) is 6.04 Å². The molecular formula is C11H9NO5. The first-order valence-corrected chi connectivity index (χ1v) is 4.74. The van der Waals surface area contributed by atoms with E-state index in [-0.39, 0.29) is 5.76 Å². The van der Waals surface area contributed by atoms with Gasteiger partial charge in [0.25, 0.3) is 0 Å². The van der Waals surface area contributed by atoms with Crippen molar-refractivity contribution >= 4 is 22.9 Å². The van der Waals surface area contributed by atoms with E-state index in [4.69, 9.17) is 20.4 Å². The zero-order chi connectivity index (χ0) is 12.6. The van der Waals surface area contributed by atoms with Crippen molar-refractivity contribution in [2.24, 2.45) is 5.73 Å². The fraction of sp³-hybridized carbons (Fsp3) is 0.0909. The summed E-state index contributed by atoms with van der Waals surface area (Å²) in [5.41, 5.74) is 6.22. The number of rotatable bonds is 3. The summed E-state index contributed by atoms with van der Waals surface area (Å²) in [5, 5.41) is 18.0. The lowest BCUT2D eigenvalue weighted by molar-refractivity contribution is -0.138. The number of furan rings is 1. The second kappa shape index (κ2) is 3.91. The first-order valence-electron chi connectivity index (χ1n) is 4.74. The molecule has 0 aliphatic carbocycles. The largest absolute Gasteiger partial charge is 0.480 e. The fourth-order valence-electron chi connectivity index (χ4n) is 1.50. The standard InChI is InChI=1S/C11H9NO5/c12-9(11(15)16)5-1-2-7-6(3-5)4-8(17-7)10(13)14/h1-4,9H,12H2,(H,13,14)(H,15,16). The van der Waals surface area contributed by atoms with Crippen LogP contribution in [-0.2, 0) is 4.79 Å². The molecule has 0 bridgehead atoms. The van der Waals surface area contributed by atoms with Crippen molar-refractivity contribution < 1.29 is 24.2 Å². The maximum absolute atomic E-state index is 10.7. The number of benzene rings is 1. The van der Waals surface area contributed by atoms with Crippen LogP contribution in [0.3, 0.4) is 0 Å². The van der Waals surface area contributed by atoms with E-state index in [0.29, 0.717) is 16.5 Å². The molecule has 0 saturated carbocycles. The van der Waals surface area contributed by atoms with Crippen LogP contribution in [0.4, 0.5) is 0 Å². The van der Waals surface area contributed by atoms with Gasteiger partial charge >= 0.3 is 11.9 Å². The summed E-state index contributed by atoms with van der Waals surface area (Å²) < 4.78 is 5.04. The lowest BCUT2D eigenvalue weighted by atomic mass is 10.1. The number of hydrogen-bond acceptors (Lipinski definition) is 4. The molecule has 4 N–H and O–H groups in total. The van der Waals surface area contributed by atoms with E-state index in [1.807, 2.05) is 0 Å². The van der Waals surface area contributed by atoms with Crippen LogP contribution in [0.15, 0.2) is 28.7 Å². The Kier molecular flexibility index (Phi) is 2.57. The van der Waals surface area contributed by atoms with Crippen LogP contribution in [0.5, 0.6) is 0 Å². The van der Waals surface area contributed by atoms with E-state index < -0.39 is 18.0 Å². The van der Waals surface area contributed by atoms with Crippen LogP contribution in [-0.4, -0.2) is 22.2 Å². The summed E-state index contributed by atoms with van der Waals surface area (Å²) in [6, 6.07) is 4.69. The first-order chi connectivity index (χ1) is 7.99. The topological polar surface area (TPSA) is 114 Å². The van der Waals surface area contributed by atoms with Gasteiger partial charge in [-0.15, -0.1) is 0 Å². The maximum atomic E-state index is 10.7. The van der Waals surface area contributed by atoms with Crippen LogP contribution in [0.25, 0.3) is 11.0 Å². The molecule has 1 aromatic heterocycles. The summed E-state index contributed by atoms with van der Waals surface area (Å²) in [6.07, 6.45) is 0. The van der Waals surface area contributed by atoms with Gasteiger partial charge in [-0.3, -0.25) is 4.79 Å². The Morgan fingerprint density at radius 3 is 2.53 bits per heavy atom. The minimum Gasteiger partial charge on any atom is -0.480 e. The maximum Gasteiger partial charge on any atom is 0.371 e.